The van der Waals surface area contributed by atoms with Gasteiger partial charge < -0.3 is 15.3 Å². The number of amidine groups is 1. The molecule has 4 aliphatic rings. The van der Waals surface area contributed by atoms with E-state index in [-0.39, 0.29) is 64.0 Å². The van der Waals surface area contributed by atoms with Gasteiger partial charge in [0.1, 0.15) is 22.0 Å². The molecule has 2 aromatic rings. The number of pyridine rings is 1. The van der Waals surface area contributed by atoms with Crippen LogP contribution in [0.15, 0.2) is 61.6 Å². The highest BCUT2D eigenvalue weighted by Crippen LogP contribution is 2.55. The van der Waals surface area contributed by atoms with Crippen molar-refractivity contribution in [1.82, 2.24) is 9.88 Å². The molecule has 2 aliphatic heterocycles. The molecular weight excluding hydrogens is 527 g/mol. The SMILES string of the molecule is O=C1C(C2=NS(=O)(=O)c3cc(Br)cnc3N2)=C(O)C2[C@H]3CC[C@H](C3)[C@@H]2N1Cc1ccc(F)cc1. The maximum absolute atomic E-state index is 13.8. The van der Waals surface area contributed by atoms with Gasteiger partial charge in [-0.3, -0.25) is 4.79 Å². The zero-order valence-electron chi connectivity index (χ0n) is 17.8. The molecule has 1 unspecified atom stereocenters. The van der Waals surface area contributed by atoms with Crippen LogP contribution in [0.1, 0.15) is 24.8 Å². The van der Waals surface area contributed by atoms with E-state index in [4.69, 9.17) is 0 Å². The van der Waals surface area contributed by atoms with Crippen LogP contribution in [0.3, 0.4) is 0 Å². The maximum Gasteiger partial charge on any atom is 0.288 e. The molecule has 11 heteroatoms. The number of anilines is 1. The van der Waals surface area contributed by atoms with Crippen LogP contribution in [0.4, 0.5) is 10.2 Å². The van der Waals surface area contributed by atoms with Gasteiger partial charge in [0.25, 0.3) is 15.9 Å². The van der Waals surface area contributed by atoms with Gasteiger partial charge in [-0.2, -0.15) is 8.42 Å². The summed E-state index contributed by atoms with van der Waals surface area (Å²) in [5, 5.41) is 14.2. The van der Waals surface area contributed by atoms with Crippen LogP contribution in [0.25, 0.3) is 0 Å². The number of amides is 1. The Balaban J connectivity index is 1.45. The molecule has 0 spiro atoms. The van der Waals surface area contributed by atoms with E-state index in [1.54, 1.807) is 17.0 Å². The van der Waals surface area contributed by atoms with Gasteiger partial charge in [0.05, 0.1) is 0 Å². The predicted octanol–water partition coefficient (Wildman–Crippen LogP) is 3.77. The third-order valence-electron chi connectivity index (χ3n) is 7.33. The molecule has 2 bridgehead atoms. The van der Waals surface area contributed by atoms with Crippen molar-refractivity contribution in [2.24, 2.45) is 22.2 Å². The quantitative estimate of drug-likeness (QED) is 0.606. The Bertz CT molecular complexity index is 1390. The molecule has 3 heterocycles. The molecule has 2 saturated carbocycles. The average molecular weight is 547 g/mol. The highest BCUT2D eigenvalue weighted by Gasteiger charge is 2.57. The number of hydrogen-bond acceptors (Lipinski definition) is 6. The number of sulfonamides is 1. The van der Waals surface area contributed by atoms with Crippen molar-refractivity contribution in [2.75, 3.05) is 5.32 Å². The lowest BCUT2D eigenvalue weighted by molar-refractivity contribution is -0.134. The van der Waals surface area contributed by atoms with Gasteiger partial charge in [0, 0.05) is 29.2 Å². The average Bonchev–Trinajstić information content (AvgIpc) is 3.40. The number of carbonyl (C=O) groups is 1. The van der Waals surface area contributed by atoms with Crippen LogP contribution in [0.2, 0.25) is 0 Å². The topological polar surface area (TPSA) is 112 Å². The van der Waals surface area contributed by atoms with Crippen molar-refractivity contribution in [3.63, 3.8) is 0 Å². The number of nitrogens with zero attached hydrogens (tertiary/aromatic N) is 3. The standard InChI is InChI=1S/C23H20BrFN4O4S/c24-14-8-16-21(26-9-14)27-22(28-34(16,32)33)18-20(30)17-12-3-4-13(7-12)19(17)29(23(18)31)10-11-1-5-15(25)6-2-11/h1-2,5-6,8-9,12-13,17,19,30H,3-4,7,10H2,(H,26,27,28)/t12-,13+,17?,19-/m0/s1. The summed E-state index contributed by atoms with van der Waals surface area (Å²) in [4.78, 5) is 19.5. The Hall–Kier alpha value is -2.79. The van der Waals surface area contributed by atoms with E-state index >= 15 is 0 Å². The van der Waals surface area contributed by atoms with E-state index in [1.165, 1.54) is 24.4 Å². The van der Waals surface area contributed by atoms with Crippen molar-refractivity contribution < 1.29 is 22.7 Å². The summed E-state index contributed by atoms with van der Waals surface area (Å²) in [6.45, 7) is 0.224. The highest BCUT2D eigenvalue weighted by molar-refractivity contribution is 9.10. The van der Waals surface area contributed by atoms with Crippen molar-refractivity contribution in [3.05, 3.63) is 63.7 Å². The lowest BCUT2D eigenvalue weighted by Crippen LogP contribution is -2.53. The number of halogens is 2. The molecule has 4 atom stereocenters. The van der Waals surface area contributed by atoms with E-state index < -0.39 is 15.9 Å². The molecule has 176 valence electrons. The lowest BCUT2D eigenvalue weighted by Gasteiger charge is -2.44. The third-order valence-corrected chi connectivity index (χ3v) is 9.05. The fraction of sp³-hybridized carbons (Fsp3) is 0.348. The second-order valence-corrected chi connectivity index (χ2v) is 11.7. The van der Waals surface area contributed by atoms with Gasteiger partial charge >= 0.3 is 0 Å². The molecule has 2 fully saturated rings. The van der Waals surface area contributed by atoms with Gasteiger partial charge in [0.15, 0.2) is 11.7 Å². The number of carbonyl (C=O) groups excluding carboxylic acids is 1. The molecule has 2 N–H and O–H groups in total. The number of aliphatic hydroxyl groups is 1. The fourth-order valence-corrected chi connectivity index (χ4v) is 7.54. The lowest BCUT2D eigenvalue weighted by atomic mass is 9.77. The highest BCUT2D eigenvalue weighted by atomic mass is 79.9. The van der Waals surface area contributed by atoms with E-state index in [9.17, 15) is 22.7 Å². The summed E-state index contributed by atoms with van der Waals surface area (Å²) < 4.78 is 43.6. The van der Waals surface area contributed by atoms with E-state index in [2.05, 4.69) is 30.6 Å². The molecule has 1 amide bonds. The second-order valence-electron chi connectivity index (χ2n) is 9.21. The van der Waals surface area contributed by atoms with E-state index in [0.29, 0.717) is 4.47 Å². The summed E-state index contributed by atoms with van der Waals surface area (Å²) in [7, 11) is -4.15. The first-order valence-corrected chi connectivity index (χ1v) is 13.2. The van der Waals surface area contributed by atoms with E-state index in [1.807, 2.05) is 0 Å². The van der Waals surface area contributed by atoms with Crippen molar-refractivity contribution in [1.29, 1.82) is 0 Å². The van der Waals surface area contributed by atoms with Crippen molar-refractivity contribution >= 4 is 43.5 Å². The second kappa shape index (κ2) is 7.61. The Kier molecular flexibility index (Phi) is 4.86. The van der Waals surface area contributed by atoms with Crippen LogP contribution in [0.5, 0.6) is 0 Å². The van der Waals surface area contributed by atoms with E-state index in [0.717, 1.165) is 24.8 Å². The van der Waals surface area contributed by atoms with Crippen molar-refractivity contribution in [2.45, 2.75) is 36.7 Å². The molecule has 0 saturated heterocycles. The van der Waals surface area contributed by atoms with Gasteiger partial charge in [-0.05, 0) is 70.8 Å². The Morgan fingerprint density at radius 1 is 1.21 bits per heavy atom. The first kappa shape index (κ1) is 21.7. The number of benzene rings is 1. The molecule has 6 rings (SSSR count). The third kappa shape index (κ3) is 3.28. The first-order chi connectivity index (χ1) is 16.2. The van der Waals surface area contributed by atoms with Crippen molar-refractivity contribution in [3.8, 4) is 0 Å². The Morgan fingerprint density at radius 2 is 1.94 bits per heavy atom. The monoisotopic (exact) mass is 546 g/mol. The summed E-state index contributed by atoms with van der Waals surface area (Å²) >= 11 is 3.21. The molecule has 2 aliphatic carbocycles. The smallest absolute Gasteiger partial charge is 0.288 e. The van der Waals surface area contributed by atoms with Gasteiger partial charge in [-0.1, -0.05) is 12.1 Å². The Morgan fingerprint density at radius 3 is 2.71 bits per heavy atom. The Labute approximate surface area is 203 Å². The minimum atomic E-state index is -4.15. The summed E-state index contributed by atoms with van der Waals surface area (Å²) in [5.74, 6) is -0.996. The zero-order valence-corrected chi connectivity index (χ0v) is 20.2. The number of nitrogens with one attached hydrogen (secondary N) is 1. The van der Waals surface area contributed by atoms with Crippen LogP contribution in [0, 0.1) is 23.6 Å². The minimum Gasteiger partial charge on any atom is -0.511 e. The first-order valence-electron chi connectivity index (χ1n) is 11.0. The summed E-state index contributed by atoms with van der Waals surface area (Å²) in [6.07, 6.45) is 4.25. The van der Waals surface area contributed by atoms with Crippen LogP contribution < -0.4 is 5.32 Å². The molecule has 0 radical (unpaired) electrons. The molecule has 1 aromatic heterocycles. The zero-order chi connectivity index (χ0) is 23.8. The summed E-state index contributed by atoms with van der Waals surface area (Å²) in [5.41, 5.74) is 0.606. The molecule has 34 heavy (non-hydrogen) atoms. The number of rotatable bonds is 3. The maximum atomic E-state index is 13.8. The number of hydrogen-bond donors (Lipinski definition) is 2. The minimum absolute atomic E-state index is 0.0430. The largest absolute Gasteiger partial charge is 0.511 e. The number of aromatic nitrogens is 1. The summed E-state index contributed by atoms with van der Waals surface area (Å²) in [6, 6.07) is 7.13. The molecule has 1 aromatic carbocycles. The van der Waals surface area contributed by atoms with Gasteiger partial charge in [0.2, 0.25) is 0 Å². The molecule has 8 nitrogen and oxygen atoms in total. The fourth-order valence-electron chi connectivity index (χ4n) is 5.96. The van der Waals surface area contributed by atoms with Crippen LogP contribution >= 0.6 is 15.9 Å². The van der Waals surface area contributed by atoms with Gasteiger partial charge in [-0.25, -0.2) is 9.37 Å². The van der Waals surface area contributed by atoms with Crippen LogP contribution in [-0.2, 0) is 21.4 Å². The predicted molar refractivity (Wildman–Crippen MR) is 125 cm³/mol. The van der Waals surface area contributed by atoms with Gasteiger partial charge in [-0.15, -0.1) is 4.40 Å². The van der Waals surface area contributed by atoms with Crippen LogP contribution in [-0.4, -0.2) is 41.2 Å². The number of aliphatic hydroxyl groups excluding tert-OH is 1. The molecular formula is C23H20BrFN4O4S. The number of fused-ring (bicyclic) bond motifs is 6. The normalized spacial score (nSPS) is 28.9.